The Bertz CT molecular complexity index is 612. The summed E-state index contributed by atoms with van der Waals surface area (Å²) in [6, 6.07) is 8.44. The molecule has 0 saturated carbocycles. The van der Waals surface area contributed by atoms with Crippen molar-refractivity contribution < 1.29 is 14.7 Å². The third-order valence-corrected chi connectivity index (χ3v) is 4.60. The van der Waals surface area contributed by atoms with E-state index in [1.54, 1.807) is 0 Å². The molecule has 6 nitrogen and oxygen atoms in total. The maximum Gasteiger partial charge on any atom is 0.407 e. The summed E-state index contributed by atoms with van der Waals surface area (Å²) in [7, 11) is 0. The number of carboxylic acid groups (broad SMARTS) is 1. The minimum absolute atomic E-state index is 0.363. The largest absolute Gasteiger partial charge is 0.465 e. The Morgan fingerprint density at radius 2 is 2.09 bits per heavy atom. The molecule has 1 aliphatic heterocycles. The maximum absolute atomic E-state index is 12.4. The molecule has 2 N–H and O–H groups in total. The van der Waals surface area contributed by atoms with Crippen LogP contribution in [0.1, 0.15) is 24.8 Å². The van der Waals surface area contributed by atoms with Gasteiger partial charge < -0.3 is 10.4 Å². The monoisotopic (exact) mass is 427 g/mol. The number of nitrogens with one attached hydrogen (secondary N) is 1. The molecular weight excluding hydrogens is 409 g/mol. The highest BCUT2D eigenvalue weighted by Gasteiger charge is 2.32. The van der Waals surface area contributed by atoms with E-state index in [-0.39, 0.29) is 5.91 Å². The van der Waals surface area contributed by atoms with E-state index in [1.165, 1.54) is 0 Å². The molecule has 1 aromatic rings. The van der Waals surface area contributed by atoms with Crippen LogP contribution in [0.3, 0.4) is 0 Å². The number of hydrogen-bond acceptors (Lipinski definition) is 3. The van der Waals surface area contributed by atoms with Gasteiger partial charge in [0.25, 0.3) is 0 Å². The number of carbonyl (C=O) groups excluding carboxylic acids is 1. The lowest BCUT2D eigenvalue weighted by atomic mass is 10.0. The van der Waals surface area contributed by atoms with Crippen LogP contribution in [-0.4, -0.2) is 40.6 Å². The first-order chi connectivity index (χ1) is 11.0. The molecule has 1 unspecified atom stereocenters. The van der Waals surface area contributed by atoms with Crippen molar-refractivity contribution in [2.45, 2.75) is 37.8 Å². The molecule has 7 heteroatoms. The first-order valence-corrected chi connectivity index (χ1v) is 8.53. The van der Waals surface area contributed by atoms with E-state index in [9.17, 15) is 20.0 Å². The van der Waals surface area contributed by atoms with Crippen LogP contribution >= 0.6 is 22.6 Å². The fourth-order valence-corrected chi connectivity index (χ4v) is 3.05. The van der Waals surface area contributed by atoms with Gasteiger partial charge in [0, 0.05) is 16.5 Å². The Morgan fingerprint density at radius 3 is 2.70 bits per heavy atom. The average Bonchev–Trinajstić information content (AvgIpc) is 2.56. The zero-order chi connectivity index (χ0) is 16.8. The molecule has 0 radical (unpaired) electrons. The summed E-state index contributed by atoms with van der Waals surface area (Å²) in [4.78, 5) is 24.8. The highest BCUT2D eigenvalue weighted by Crippen LogP contribution is 2.17. The number of nitriles is 1. The van der Waals surface area contributed by atoms with E-state index < -0.39 is 18.2 Å². The Labute approximate surface area is 148 Å². The molecule has 122 valence electrons. The van der Waals surface area contributed by atoms with Gasteiger partial charge in [-0.15, -0.1) is 0 Å². The zero-order valence-electron chi connectivity index (χ0n) is 12.5. The predicted octanol–water partition coefficient (Wildman–Crippen LogP) is 2.37. The SMILES string of the molecule is N#C[C@H](Cc1ccc(I)cc1)NC(=O)C1CCCCN1C(=O)O. The molecule has 2 atom stereocenters. The Balaban J connectivity index is 2.00. The first-order valence-electron chi connectivity index (χ1n) is 7.45. The van der Waals surface area contributed by atoms with Crippen LogP contribution in [0.5, 0.6) is 0 Å². The zero-order valence-corrected chi connectivity index (χ0v) is 14.7. The van der Waals surface area contributed by atoms with Crippen LogP contribution in [0.15, 0.2) is 24.3 Å². The van der Waals surface area contributed by atoms with Crippen molar-refractivity contribution in [3.05, 3.63) is 33.4 Å². The van der Waals surface area contributed by atoms with Crippen LogP contribution in [0, 0.1) is 14.9 Å². The van der Waals surface area contributed by atoms with Crippen molar-refractivity contribution in [3.8, 4) is 6.07 Å². The van der Waals surface area contributed by atoms with Gasteiger partial charge in [0.05, 0.1) is 6.07 Å². The number of amides is 2. The molecule has 0 spiro atoms. The average molecular weight is 427 g/mol. The van der Waals surface area contributed by atoms with Gasteiger partial charge in [0.1, 0.15) is 12.1 Å². The lowest BCUT2D eigenvalue weighted by molar-refractivity contribution is -0.127. The summed E-state index contributed by atoms with van der Waals surface area (Å²) in [5.41, 5.74) is 0.955. The molecule has 0 aliphatic carbocycles. The highest BCUT2D eigenvalue weighted by atomic mass is 127. The van der Waals surface area contributed by atoms with E-state index in [4.69, 9.17) is 0 Å². The van der Waals surface area contributed by atoms with Crippen LogP contribution in [0.4, 0.5) is 4.79 Å². The summed E-state index contributed by atoms with van der Waals surface area (Å²) < 4.78 is 1.10. The second-order valence-electron chi connectivity index (χ2n) is 5.51. The number of nitrogens with zero attached hydrogens (tertiary/aromatic N) is 2. The van der Waals surface area contributed by atoms with Gasteiger partial charge in [-0.05, 0) is 59.5 Å². The van der Waals surface area contributed by atoms with E-state index in [0.29, 0.717) is 19.4 Å². The van der Waals surface area contributed by atoms with E-state index in [0.717, 1.165) is 26.9 Å². The summed E-state index contributed by atoms with van der Waals surface area (Å²) >= 11 is 2.20. The molecule has 1 heterocycles. The maximum atomic E-state index is 12.4. The highest BCUT2D eigenvalue weighted by molar-refractivity contribution is 14.1. The molecule has 1 saturated heterocycles. The summed E-state index contributed by atoms with van der Waals surface area (Å²) in [5, 5.41) is 21.1. The summed E-state index contributed by atoms with van der Waals surface area (Å²) in [6.07, 6.45) is 1.39. The van der Waals surface area contributed by atoms with Crippen molar-refractivity contribution in [1.29, 1.82) is 5.26 Å². The second kappa shape index (κ2) is 8.15. The van der Waals surface area contributed by atoms with Crippen molar-refractivity contribution in [2.75, 3.05) is 6.54 Å². The number of hydrogen-bond donors (Lipinski definition) is 2. The standard InChI is InChI=1S/C16H18IN3O3/c17-12-6-4-11(5-7-12)9-13(10-18)19-15(21)14-3-1-2-8-20(14)16(22)23/h4-7,13-14H,1-3,8-9H2,(H,19,21)(H,22,23)/t13-,14?/m0/s1. The van der Waals surface area contributed by atoms with Gasteiger partial charge in [-0.3, -0.25) is 9.69 Å². The number of carbonyl (C=O) groups is 2. The Kier molecular flexibility index (Phi) is 6.21. The lowest BCUT2D eigenvalue weighted by Crippen LogP contribution is -2.53. The lowest BCUT2D eigenvalue weighted by Gasteiger charge is -2.32. The molecule has 1 fully saturated rings. The van der Waals surface area contributed by atoms with Crippen LogP contribution in [-0.2, 0) is 11.2 Å². The smallest absolute Gasteiger partial charge is 0.407 e. The van der Waals surface area contributed by atoms with Crippen molar-refractivity contribution >= 4 is 34.6 Å². The third kappa shape index (κ3) is 4.82. The summed E-state index contributed by atoms with van der Waals surface area (Å²) in [6.45, 7) is 0.363. The number of halogens is 1. The minimum Gasteiger partial charge on any atom is -0.465 e. The van der Waals surface area contributed by atoms with E-state index in [2.05, 4.69) is 34.0 Å². The van der Waals surface area contributed by atoms with E-state index >= 15 is 0 Å². The third-order valence-electron chi connectivity index (χ3n) is 3.88. The Morgan fingerprint density at radius 1 is 1.39 bits per heavy atom. The fourth-order valence-electron chi connectivity index (χ4n) is 2.69. The Hall–Kier alpha value is -1.82. The summed E-state index contributed by atoms with van der Waals surface area (Å²) in [5.74, 6) is -0.385. The molecule has 23 heavy (non-hydrogen) atoms. The number of benzene rings is 1. The van der Waals surface area contributed by atoms with Crippen LogP contribution in [0.25, 0.3) is 0 Å². The first kappa shape index (κ1) is 17.5. The molecule has 0 bridgehead atoms. The molecule has 0 aromatic heterocycles. The van der Waals surface area contributed by atoms with Crippen molar-refractivity contribution in [3.63, 3.8) is 0 Å². The van der Waals surface area contributed by atoms with E-state index in [1.807, 2.05) is 24.3 Å². The second-order valence-corrected chi connectivity index (χ2v) is 6.75. The molecular formula is C16H18IN3O3. The molecule has 1 aromatic carbocycles. The van der Waals surface area contributed by atoms with Crippen molar-refractivity contribution in [2.24, 2.45) is 0 Å². The van der Waals surface area contributed by atoms with Crippen LogP contribution in [0.2, 0.25) is 0 Å². The van der Waals surface area contributed by atoms with Crippen LogP contribution < -0.4 is 5.32 Å². The van der Waals surface area contributed by atoms with Gasteiger partial charge in [-0.25, -0.2) is 4.79 Å². The molecule has 1 aliphatic rings. The van der Waals surface area contributed by atoms with Gasteiger partial charge >= 0.3 is 6.09 Å². The minimum atomic E-state index is -1.09. The number of piperidine rings is 1. The quantitative estimate of drug-likeness (QED) is 0.722. The normalized spacial score (nSPS) is 18.8. The van der Waals surface area contributed by atoms with Gasteiger partial charge in [0.2, 0.25) is 5.91 Å². The number of rotatable bonds is 4. The van der Waals surface area contributed by atoms with Gasteiger partial charge in [-0.2, -0.15) is 5.26 Å². The predicted molar refractivity (Wildman–Crippen MR) is 92.8 cm³/mol. The molecule has 2 rings (SSSR count). The topological polar surface area (TPSA) is 93.4 Å². The fraction of sp³-hybridized carbons (Fsp3) is 0.438. The molecule has 2 amide bonds. The van der Waals surface area contributed by atoms with Gasteiger partial charge in [-0.1, -0.05) is 12.1 Å². The number of likely N-dealkylation sites (tertiary alicyclic amines) is 1. The van der Waals surface area contributed by atoms with Crippen molar-refractivity contribution in [1.82, 2.24) is 10.2 Å². The van der Waals surface area contributed by atoms with Gasteiger partial charge in [0.15, 0.2) is 0 Å².